The van der Waals surface area contributed by atoms with Crippen molar-refractivity contribution in [3.8, 4) is 5.75 Å². The largest absolute Gasteiger partial charge is 0.494 e. The third kappa shape index (κ3) is 6.32. The predicted molar refractivity (Wildman–Crippen MR) is 128 cm³/mol. The summed E-state index contributed by atoms with van der Waals surface area (Å²) in [5, 5.41) is 0. The number of rotatable bonds is 4. The van der Waals surface area contributed by atoms with Gasteiger partial charge in [0.2, 0.25) is 5.91 Å². The molecule has 0 aromatic heterocycles. The highest BCUT2D eigenvalue weighted by molar-refractivity contribution is 5.96. The number of anilines is 1. The Balaban J connectivity index is 2.03. The van der Waals surface area contributed by atoms with Gasteiger partial charge in [-0.2, -0.15) is 0 Å². The maximum atomic E-state index is 14.3. The van der Waals surface area contributed by atoms with Crippen molar-refractivity contribution < 1.29 is 23.1 Å². The van der Waals surface area contributed by atoms with E-state index in [1.54, 1.807) is 36.1 Å². The van der Waals surface area contributed by atoms with E-state index < -0.39 is 11.6 Å². The summed E-state index contributed by atoms with van der Waals surface area (Å²) in [6.45, 7) is 6.49. The summed E-state index contributed by atoms with van der Waals surface area (Å²) in [6, 6.07) is 9.13. The highest BCUT2D eigenvalue weighted by Gasteiger charge is 2.24. The molecule has 0 spiro atoms. The van der Waals surface area contributed by atoms with Gasteiger partial charge in [-0.15, -0.1) is 0 Å². The molecular weight excluding hydrogens is 440 g/mol. The first-order chi connectivity index (χ1) is 16.3. The lowest BCUT2D eigenvalue weighted by Crippen LogP contribution is -2.38. The quantitative estimate of drug-likeness (QED) is 0.657. The molecule has 0 N–H and O–H groups in total. The van der Waals surface area contributed by atoms with Crippen LogP contribution in [0.1, 0.15) is 49.0 Å². The number of nitrogens with zero attached hydrogens (tertiary/aromatic N) is 3. The lowest BCUT2D eigenvalue weighted by Gasteiger charge is -2.31. The maximum absolute atomic E-state index is 14.3. The smallest absolute Gasteiger partial charge is 0.254 e. The minimum Gasteiger partial charge on any atom is -0.494 e. The van der Waals surface area contributed by atoms with Gasteiger partial charge in [0.25, 0.3) is 5.91 Å². The van der Waals surface area contributed by atoms with Crippen LogP contribution in [0.3, 0.4) is 0 Å². The highest BCUT2D eigenvalue weighted by atomic mass is 19.2. The fourth-order valence-corrected chi connectivity index (χ4v) is 4.19. The van der Waals surface area contributed by atoms with Gasteiger partial charge in [-0.25, -0.2) is 8.78 Å². The first kappa shape index (κ1) is 25.6. The molecule has 2 amide bonds. The number of ether oxygens (including phenoxy) is 1. The molecule has 1 aliphatic rings. The molecule has 2 aromatic carbocycles. The van der Waals surface area contributed by atoms with Crippen LogP contribution in [0.15, 0.2) is 36.4 Å². The Morgan fingerprint density at radius 3 is 2.38 bits per heavy atom. The van der Waals surface area contributed by atoms with Crippen molar-refractivity contribution in [2.75, 3.05) is 44.7 Å². The van der Waals surface area contributed by atoms with Crippen molar-refractivity contribution in [1.29, 1.82) is 0 Å². The van der Waals surface area contributed by atoms with Gasteiger partial charge in [0, 0.05) is 37.7 Å². The normalized spacial score (nSPS) is 15.8. The molecule has 3 rings (SSSR count). The van der Waals surface area contributed by atoms with Crippen molar-refractivity contribution in [2.45, 2.75) is 39.7 Å². The zero-order valence-electron chi connectivity index (χ0n) is 20.2. The first-order valence-electron chi connectivity index (χ1n) is 11.8. The molecule has 0 saturated carbocycles. The number of carbonyl (C=O) groups excluding carboxylic acids is 2. The van der Waals surface area contributed by atoms with E-state index >= 15 is 0 Å². The van der Waals surface area contributed by atoms with Gasteiger partial charge in [-0.1, -0.05) is 13.0 Å². The second-order valence-corrected chi connectivity index (χ2v) is 8.49. The fourth-order valence-electron chi connectivity index (χ4n) is 4.19. The van der Waals surface area contributed by atoms with Crippen LogP contribution in [0.4, 0.5) is 14.5 Å². The third-order valence-electron chi connectivity index (χ3n) is 5.95. The molecule has 184 valence electrons. The molecular formula is C26H33F2N3O3. The Hall–Kier alpha value is -3.00. The topological polar surface area (TPSA) is 53.1 Å². The number of carbonyl (C=O) groups is 2. The summed E-state index contributed by atoms with van der Waals surface area (Å²) in [5.74, 6) is -1.82. The Labute approximate surface area is 200 Å². The third-order valence-corrected chi connectivity index (χ3v) is 5.95. The van der Waals surface area contributed by atoms with Crippen molar-refractivity contribution in [3.05, 3.63) is 59.2 Å². The molecule has 34 heavy (non-hydrogen) atoms. The molecule has 8 heteroatoms. The molecule has 6 nitrogen and oxygen atoms in total. The predicted octanol–water partition coefficient (Wildman–Crippen LogP) is 4.47. The maximum Gasteiger partial charge on any atom is 0.254 e. The van der Waals surface area contributed by atoms with Crippen molar-refractivity contribution >= 4 is 17.5 Å². The Morgan fingerprint density at radius 1 is 0.971 bits per heavy atom. The van der Waals surface area contributed by atoms with Crippen LogP contribution in [0, 0.1) is 11.6 Å². The second-order valence-electron chi connectivity index (χ2n) is 8.49. The number of hydrogen-bond acceptors (Lipinski definition) is 4. The number of fused-ring (bicyclic) bond motifs is 1. The summed E-state index contributed by atoms with van der Waals surface area (Å²) in [4.78, 5) is 31.6. The van der Waals surface area contributed by atoms with Gasteiger partial charge in [0.15, 0.2) is 11.6 Å². The van der Waals surface area contributed by atoms with E-state index in [0.29, 0.717) is 48.7 Å². The molecule has 2 aromatic rings. The van der Waals surface area contributed by atoms with Gasteiger partial charge in [-0.3, -0.25) is 9.59 Å². The second kappa shape index (κ2) is 11.9. The van der Waals surface area contributed by atoms with Crippen molar-refractivity contribution in [3.63, 3.8) is 0 Å². The molecule has 0 unspecified atom stereocenters. The molecule has 0 atom stereocenters. The zero-order chi connectivity index (χ0) is 24.7. The van der Waals surface area contributed by atoms with E-state index in [-0.39, 0.29) is 24.8 Å². The molecule has 0 saturated heterocycles. The van der Waals surface area contributed by atoms with E-state index in [1.165, 1.54) is 4.90 Å². The van der Waals surface area contributed by atoms with Crippen LogP contribution in [-0.2, 0) is 11.3 Å². The minimum absolute atomic E-state index is 0.0570. The van der Waals surface area contributed by atoms with Gasteiger partial charge < -0.3 is 19.4 Å². The Morgan fingerprint density at radius 2 is 1.68 bits per heavy atom. The standard InChI is InChI=1S/C26H33F2N3O3/c1-4-25(32)31-14-8-12-29(3)11-7-13-30(18-20-16-22(27)23(28)17-24(20)31)26(33)19-9-6-10-21(15-19)34-5-2/h6,9-10,15-17H,4-5,7-8,11-14,18H2,1-3H3. The average Bonchev–Trinajstić information content (AvgIpc) is 2.82. The summed E-state index contributed by atoms with van der Waals surface area (Å²) in [5.41, 5.74) is 1.18. The number of halogens is 2. The highest BCUT2D eigenvalue weighted by Crippen LogP contribution is 2.28. The summed E-state index contributed by atoms with van der Waals surface area (Å²) in [7, 11) is 2.00. The van der Waals surface area contributed by atoms with Crippen LogP contribution < -0.4 is 9.64 Å². The molecule has 1 aliphatic heterocycles. The van der Waals surface area contributed by atoms with Gasteiger partial charge in [0.1, 0.15) is 5.75 Å². The van der Waals surface area contributed by atoms with E-state index in [1.807, 2.05) is 14.0 Å². The van der Waals surface area contributed by atoms with Gasteiger partial charge in [0.05, 0.1) is 12.3 Å². The minimum atomic E-state index is -1.01. The Bertz CT molecular complexity index is 1010. The van der Waals surface area contributed by atoms with E-state index in [2.05, 4.69) is 4.90 Å². The zero-order valence-corrected chi connectivity index (χ0v) is 20.2. The number of hydrogen-bond donors (Lipinski definition) is 0. The molecule has 0 aliphatic carbocycles. The number of benzene rings is 2. The fraction of sp³-hybridized carbons (Fsp3) is 0.462. The lowest BCUT2D eigenvalue weighted by molar-refractivity contribution is -0.118. The van der Waals surface area contributed by atoms with Crippen LogP contribution in [-0.4, -0.2) is 61.4 Å². The van der Waals surface area contributed by atoms with Crippen molar-refractivity contribution in [2.24, 2.45) is 0 Å². The van der Waals surface area contributed by atoms with Crippen molar-refractivity contribution in [1.82, 2.24) is 9.80 Å². The first-order valence-corrected chi connectivity index (χ1v) is 11.8. The van der Waals surface area contributed by atoms with E-state index in [4.69, 9.17) is 4.74 Å². The van der Waals surface area contributed by atoms with Gasteiger partial charge in [-0.05, 0) is 69.7 Å². The van der Waals surface area contributed by atoms with E-state index in [9.17, 15) is 18.4 Å². The van der Waals surface area contributed by atoms with E-state index in [0.717, 1.165) is 31.6 Å². The SMILES string of the molecule is CCOc1cccc(C(=O)N2CCCN(C)CCCN(C(=O)CC)c3cc(F)c(F)cc3C2)c1. The molecule has 0 bridgehead atoms. The van der Waals surface area contributed by atoms with Crippen LogP contribution in [0.25, 0.3) is 0 Å². The summed E-state index contributed by atoms with van der Waals surface area (Å²) < 4.78 is 34.1. The number of amides is 2. The molecule has 0 fully saturated rings. The van der Waals surface area contributed by atoms with Crippen LogP contribution in [0.5, 0.6) is 5.75 Å². The molecule has 1 heterocycles. The lowest BCUT2D eigenvalue weighted by atomic mass is 10.1. The van der Waals surface area contributed by atoms with Crippen LogP contribution in [0.2, 0.25) is 0 Å². The van der Waals surface area contributed by atoms with Gasteiger partial charge >= 0.3 is 0 Å². The summed E-state index contributed by atoms with van der Waals surface area (Å²) >= 11 is 0. The monoisotopic (exact) mass is 473 g/mol. The average molecular weight is 474 g/mol. The Kier molecular flexibility index (Phi) is 8.98. The molecule has 0 radical (unpaired) electrons. The summed E-state index contributed by atoms with van der Waals surface area (Å²) in [6.07, 6.45) is 1.67. The van der Waals surface area contributed by atoms with Crippen LogP contribution >= 0.6 is 0 Å².